The summed E-state index contributed by atoms with van der Waals surface area (Å²) >= 11 is 10.4. The number of thioether (sulfide) groups is 2. The molecule has 3 aromatic rings. The summed E-state index contributed by atoms with van der Waals surface area (Å²) in [4.78, 5) is 12.2. The highest BCUT2D eigenvalue weighted by atomic mass is 35.5. The number of hydrogen-bond donors (Lipinski definition) is 1. The first-order chi connectivity index (χ1) is 13.5. The molecule has 1 amide bonds. The van der Waals surface area contributed by atoms with Crippen LogP contribution in [0.15, 0.2) is 57.2 Å². The first-order valence-corrected chi connectivity index (χ1v) is 11.9. The zero-order valence-corrected chi connectivity index (χ0v) is 18.7. The fourth-order valence-electron chi connectivity index (χ4n) is 2.32. The van der Waals surface area contributed by atoms with Gasteiger partial charge < -0.3 is 5.32 Å². The maximum Gasteiger partial charge on any atom is 0.234 e. The molecule has 0 spiro atoms. The molecule has 1 heterocycles. The number of hydrogen-bond acceptors (Lipinski definition) is 6. The summed E-state index contributed by atoms with van der Waals surface area (Å²) in [5, 5.41) is 12.0. The Morgan fingerprint density at radius 3 is 2.32 bits per heavy atom. The Hall–Kier alpha value is -1.54. The van der Waals surface area contributed by atoms with E-state index in [2.05, 4.69) is 29.4 Å². The molecule has 2 aromatic carbocycles. The molecule has 0 radical (unpaired) electrons. The van der Waals surface area contributed by atoms with Crippen LogP contribution in [-0.2, 0) is 10.5 Å². The maximum atomic E-state index is 12.2. The van der Waals surface area contributed by atoms with Gasteiger partial charge in [-0.1, -0.05) is 84.6 Å². The van der Waals surface area contributed by atoms with E-state index in [0.717, 1.165) is 25.1 Å². The second kappa shape index (κ2) is 10.3. The average molecular weight is 450 g/mol. The van der Waals surface area contributed by atoms with Gasteiger partial charge in [-0.3, -0.25) is 4.79 Å². The number of benzene rings is 2. The molecular formula is C20H20ClN3OS3. The van der Waals surface area contributed by atoms with Gasteiger partial charge in [-0.05, 0) is 41.3 Å². The van der Waals surface area contributed by atoms with Crippen molar-refractivity contribution in [3.05, 3.63) is 64.7 Å². The van der Waals surface area contributed by atoms with Gasteiger partial charge >= 0.3 is 0 Å². The zero-order valence-electron chi connectivity index (χ0n) is 15.5. The van der Waals surface area contributed by atoms with Crippen molar-refractivity contribution < 1.29 is 4.79 Å². The molecule has 0 saturated heterocycles. The molecular weight excluding hydrogens is 430 g/mol. The van der Waals surface area contributed by atoms with E-state index in [9.17, 15) is 4.79 Å². The topological polar surface area (TPSA) is 54.9 Å². The number of nitrogens with zero attached hydrogens (tertiary/aromatic N) is 2. The van der Waals surface area contributed by atoms with Crippen LogP contribution in [0.25, 0.3) is 0 Å². The summed E-state index contributed by atoms with van der Waals surface area (Å²) in [7, 11) is 0. The van der Waals surface area contributed by atoms with Crippen molar-refractivity contribution in [2.24, 2.45) is 0 Å². The third-order valence-electron chi connectivity index (χ3n) is 3.85. The molecule has 1 aromatic heterocycles. The van der Waals surface area contributed by atoms with E-state index >= 15 is 0 Å². The summed E-state index contributed by atoms with van der Waals surface area (Å²) in [5.41, 5.74) is 3.25. The van der Waals surface area contributed by atoms with E-state index in [4.69, 9.17) is 11.6 Å². The van der Waals surface area contributed by atoms with Crippen LogP contribution >= 0.6 is 46.5 Å². The van der Waals surface area contributed by atoms with E-state index in [1.54, 1.807) is 11.8 Å². The summed E-state index contributed by atoms with van der Waals surface area (Å²) in [6.45, 7) is 4.29. The number of halogens is 1. The van der Waals surface area contributed by atoms with Gasteiger partial charge in [0.15, 0.2) is 8.68 Å². The first kappa shape index (κ1) is 21.2. The number of aromatic nitrogens is 2. The molecule has 0 aliphatic heterocycles. The fourth-order valence-corrected chi connectivity index (χ4v) is 5.22. The second-order valence-electron chi connectivity index (χ2n) is 6.36. The van der Waals surface area contributed by atoms with Gasteiger partial charge in [0, 0.05) is 16.5 Å². The van der Waals surface area contributed by atoms with Crippen LogP contribution in [0.1, 0.15) is 30.9 Å². The van der Waals surface area contributed by atoms with Crippen molar-refractivity contribution in [2.45, 2.75) is 34.2 Å². The number of rotatable bonds is 8. The van der Waals surface area contributed by atoms with Gasteiger partial charge in [0.2, 0.25) is 5.91 Å². The van der Waals surface area contributed by atoms with Crippen LogP contribution in [-0.4, -0.2) is 21.9 Å². The standard InChI is InChI=1S/C20H20ClN3OS3/c1-13(2)15-5-9-17(10-6-15)22-18(25)12-27-20-24-23-19(28-20)26-11-14-3-7-16(21)8-4-14/h3-10,13H,11-12H2,1-2H3,(H,22,25). The Morgan fingerprint density at radius 2 is 1.68 bits per heavy atom. The molecule has 28 heavy (non-hydrogen) atoms. The Labute approximate surface area is 182 Å². The molecule has 0 aliphatic rings. The van der Waals surface area contributed by atoms with Crippen molar-refractivity contribution in [3.8, 4) is 0 Å². The average Bonchev–Trinajstić information content (AvgIpc) is 3.14. The van der Waals surface area contributed by atoms with Crippen molar-refractivity contribution in [2.75, 3.05) is 11.1 Å². The van der Waals surface area contributed by atoms with Crippen LogP contribution in [0.3, 0.4) is 0 Å². The number of amides is 1. The Balaban J connectivity index is 1.44. The van der Waals surface area contributed by atoms with Crippen LogP contribution in [0.4, 0.5) is 5.69 Å². The summed E-state index contributed by atoms with van der Waals surface area (Å²) in [6.07, 6.45) is 0. The normalized spacial score (nSPS) is 11.0. The minimum absolute atomic E-state index is 0.0483. The predicted octanol–water partition coefficient (Wildman–Crippen LogP) is 6.34. The fraction of sp³-hybridized carbons (Fsp3) is 0.250. The van der Waals surface area contributed by atoms with E-state index in [-0.39, 0.29) is 5.91 Å². The van der Waals surface area contributed by atoms with Crippen LogP contribution in [0.2, 0.25) is 5.02 Å². The highest BCUT2D eigenvalue weighted by molar-refractivity contribution is 8.03. The van der Waals surface area contributed by atoms with Gasteiger partial charge in [0.05, 0.1) is 5.75 Å². The molecule has 0 unspecified atom stereocenters. The third-order valence-corrected chi connectivity index (χ3v) is 7.36. The predicted molar refractivity (Wildman–Crippen MR) is 121 cm³/mol. The van der Waals surface area contributed by atoms with Crippen LogP contribution < -0.4 is 5.32 Å². The lowest BCUT2D eigenvalue weighted by atomic mass is 10.0. The number of nitrogens with one attached hydrogen (secondary N) is 1. The molecule has 0 atom stereocenters. The molecule has 0 aliphatic carbocycles. The quantitative estimate of drug-likeness (QED) is 0.406. The lowest BCUT2D eigenvalue weighted by Gasteiger charge is -2.08. The zero-order chi connectivity index (χ0) is 19.9. The summed E-state index contributed by atoms with van der Waals surface area (Å²) in [6, 6.07) is 15.7. The minimum Gasteiger partial charge on any atom is -0.325 e. The van der Waals surface area contributed by atoms with Gasteiger partial charge in [-0.2, -0.15) is 0 Å². The molecule has 4 nitrogen and oxygen atoms in total. The Morgan fingerprint density at radius 1 is 1.04 bits per heavy atom. The Kier molecular flexibility index (Phi) is 7.79. The smallest absolute Gasteiger partial charge is 0.234 e. The Bertz CT molecular complexity index is 911. The van der Waals surface area contributed by atoms with Gasteiger partial charge in [0.25, 0.3) is 0 Å². The third kappa shape index (κ3) is 6.51. The molecule has 146 valence electrons. The van der Waals surface area contributed by atoms with Gasteiger partial charge in [-0.15, -0.1) is 10.2 Å². The van der Waals surface area contributed by atoms with Crippen molar-refractivity contribution in [3.63, 3.8) is 0 Å². The van der Waals surface area contributed by atoms with Crippen molar-refractivity contribution in [1.82, 2.24) is 10.2 Å². The van der Waals surface area contributed by atoms with E-state index in [0.29, 0.717) is 11.7 Å². The van der Waals surface area contributed by atoms with Gasteiger partial charge in [-0.25, -0.2) is 0 Å². The second-order valence-corrected chi connectivity index (χ2v) is 10.2. The number of carbonyl (C=O) groups excluding carboxylic acids is 1. The van der Waals surface area contributed by atoms with Crippen LogP contribution in [0.5, 0.6) is 0 Å². The summed E-state index contributed by atoms with van der Waals surface area (Å²) < 4.78 is 1.69. The van der Waals surface area contributed by atoms with Crippen molar-refractivity contribution in [1.29, 1.82) is 0 Å². The maximum absolute atomic E-state index is 12.2. The lowest BCUT2D eigenvalue weighted by molar-refractivity contribution is -0.113. The first-order valence-electron chi connectivity index (χ1n) is 8.73. The molecule has 0 saturated carbocycles. The highest BCUT2D eigenvalue weighted by Gasteiger charge is 2.09. The minimum atomic E-state index is -0.0483. The van der Waals surface area contributed by atoms with Gasteiger partial charge in [0.1, 0.15) is 0 Å². The molecule has 0 fully saturated rings. The molecule has 8 heteroatoms. The SMILES string of the molecule is CC(C)c1ccc(NC(=O)CSc2nnc(SCc3ccc(Cl)cc3)s2)cc1. The van der Waals surface area contributed by atoms with Crippen molar-refractivity contribution >= 4 is 58.1 Å². The van der Waals surface area contributed by atoms with E-state index < -0.39 is 0 Å². The monoisotopic (exact) mass is 449 g/mol. The molecule has 0 bridgehead atoms. The van der Waals surface area contributed by atoms with E-state index in [1.165, 1.54) is 34.2 Å². The number of carbonyl (C=O) groups is 1. The lowest BCUT2D eigenvalue weighted by Crippen LogP contribution is -2.13. The molecule has 1 N–H and O–H groups in total. The van der Waals surface area contributed by atoms with Crippen LogP contribution in [0, 0.1) is 0 Å². The highest BCUT2D eigenvalue weighted by Crippen LogP contribution is 2.31. The molecule has 3 rings (SSSR count). The number of anilines is 1. The summed E-state index contributed by atoms with van der Waals surface area (Å²) in [5.74, 6) is 1.54. The van der Waals surface area contributed by atoms with E-state index in [1.807, 2.05) is 48.5 Å². The largest absolute Gasteiger partial charge is 0.325 e.